The number of ether oxygens (including phenoxy) is 1. The third kappa shape index (κ3) is 6.44. The van der Waals surface area contributed by atoms with Crippen molar-refractivity contribution in [3.8, 4) is 5.75 Å². The maximum absolute atomic E-state index is 11.2. The van der Waals surface area contributed by atoms with Crippen molar-refractivity contribution in [2.24, 2.45) is 11.8 Å². The van der Waals surface area contributed by atoms with Crippen molar-refractivity contribution in [3.05, 3.63) is 58.6 Å². The Balaban J connectivity index is 1.71. The van der Waals surface area contributed by atoms with Crippen LogP contribution in [-0.2, 0) is 11.3 Å². The molecule has 0 spiro atoms. The zero-order valence-corrected chi connectivity index (χ0v) is 19.4. The van der Waals surface area contributed by atoms with Crippen molar-refractivity contribution >= 4 is 44.9 Å². The Morgan fingerprint density at radius 2 is 1.93 bits per heavy atom. The zero-order chi connectivity index (χ0) is 21.5. The first-order valence-electron chi connectivity index (χ1n) is 10.1. The molecule has 1 saturated carbocycles. The molecule has 1 aliphatic rings. The third-order valence-corrected chi connectivity index (χ3v) is 6.38. The van der Waals surface area contributed by atoms with Crippen LogP contribution in [0.4, 0.5) is 5.69 Å². The lowest BCUT2D eigenvalue weighted by atomic mass is 9.82. The van der Waals surface area contributed by atoms with Crippen LogP contribution >= 0.6 is 28.1 Å². The number of anilines is 1. The topological polar surface area (TPSA) is 64.6 Å². The molecule has 3 rings (SSSR count). The first kappa shape index (κ1) is 22.6. The maximum atomic E-state index is 11.2. The Bertz CT molecular complexity index is 884. The molecule has 1 N–H and O–H groups in total. The summed E-state index contributed by atoms with van der Waals surface area (Å²) in [4.78, 5) is 13.3. The van der Waals surface area contributed by atoms with E-state index in [4.69, 9.17) is 17.0 Å². The zero-order valence-electron chi connectivity index (χ0n) is 17.0. The number of aliphatic carboxylic acids is 1. The highest BCUT2D eigenvalue weighted by molar-refractivity contribution is 9.10. The molecule has 0 amide bonds. The summed E-state index contributed by atoms with van der Waals surface area (Å²) in [6.45, 7) is 1.46. The largest absolute Gasteiger partial charge is 0.550 e. The number of carbonyl (C=O) groups excluding carboxylic acids is 1. The van der Waals surface area contributed by atoms with Crippen LogP contribution in [0.5, 0.6) is 5.75 Å². The lowest BCUT2D eigenvalue weighted by Gasteiger charge is -2.34. The van der Waals surface area contributed by atoms with Crippen LogP contribution in [0.2, 0.25) is 0 Å². The summed E-state index contributed by atoms with van der Waals surface area (Å²) in [5.41, 5.74) is 2.03. The fourth-order valence-corrected chi connectivity index (χ4v) is 4.57. The lowest BCUT2D eigenvalue weighted by Crippen LogP contribution is -2.40. The van der Waals surface area contributed by atoms with Crippen LogP contribution < -0.4 is 15.2 Å². The molecule has 0 bridgehead atoms. The Hall–Kier alpha value is -2.12. The summed E-state index contributed by atoms with van der Waals surface area (Å²) in [6, 6.07) is 15.9. The van der Waals surface area contributed by atoms with Crippen LogP contribution in [0, 0.1) is 11.8 Å². The van der Waals surface area contributed by atoms with Gasteiger partial charge in [-0.1, -0.05) is 34.1 Å². The standard InChI is InChI=1S/C23H27BrN2O3S/c1-29-21-7-3-6-20(13-21)25-23(30)26(15-17-4-2-5-19(24)12-17)14-16-8-10-18(11-9-16)22(27)28/h2-7,12-13,16,18H,8-11,14-15H2,1H3,(H,25,30)(H,27,28)/p-1. The molecular weight excluding hydrogens is 464 g/mol. The molecule has 2 aromatic carbocycles. The second-order valence-corrected chi connectivity index (χ2v) is 9.01. The van der Waals surface area contributed by atoms with Gasteiger partial charge in [-0.2, -0.15) is 0 Å². The van der Waals surface area contributed by atoms with Gasteiger partial charge in [0.1, 0.15) is 5.75 Å². The molecule has 30 heavy (non-hydrogen) atoms. The molecule has 0 atom stereocenters. The minimum Gasteiger partial charge on any atom is -0.550 e. The van der Waals surface area contributed by atoms with Gasteiger partial charge in [0, 0.05) is 35.3 Å². The van der Waals surface area contributed by atoms with Crippen molar-refractivity contribution in [2.45, 2.75) is 32.2 Å². The maximum Gasteiger partial charge on any atom is 0.173 e. The summed E-state index contributed by atoms with van der Waals surface area (Å²) >= 11 is 9.30. The normalized spacial score (nSPS) is 18.5. The highest BCUT2D eigenvalue weighted by atomic mass is 79.9. The van der Waals surface area contributed by atoms with Crippen molar-refractivity contribution in [3.63, 3.8) is 0 Å². The minimum atomic E-state index is -0.922. The van der Waals surface area contributed by atoms with Crippen LogP contribution in [0.1, 0.15) is 31.2 Å². The van der Waals surface area contributed by atoms with Gasteiger partial charge in [0.25, 0.3) is 0 Å². The number of nitrogens with zero attached hydrogens (tertiary/aromatic N) is 1. The minimum absolute atomic E-state index is 0.318. The van der Waals surface area contributed by atoms with Gasteiger partial charge in [-0.3, -0.25) is 0 Å². The van der Waals surface area contributed by atoms with Gasteiger partial charge in [0.2, 0.25) is 0 Å². The number of hydrogen-bond acceptors (Lipinski definition) is 4. The molecule has 0 unspecified atom stereocenters. The number of carbonyl (C=O) groups is 1. The van der Waals surface area contributed by atoms with Crippen molar-refractivity contribution in [1.29, 1.82) is 0 Å². The first-order valence-corrected chi connectivity index (χ1v) is 11.3. The Kier molecular flexibility index (Phi) is 8.10. The van der Waals surface area contributed by atoms with Gasteiger partial charge >= 0.3 is 0 Å². The van der Waals surface area contributed by atoms with Gasteiger partial charge in [-0.15, -0.1) is 0 Å². The molecule has 160 valence electrons. The summed E-state index contributed by atoms with van der Waals surface area (Å²) < 4.78 is 6.33. The predicted molar refractivity (Wildman–Crippen MR) is 124 cm³/mol. The highest BCUT2D eigenvalue weighted by Gasteiger charge is 2.24. The fraction of sp³-hybridized carbons (Fsp3) is 0.391. The smallest absolute Gasteiger partial charge is 0.173 e. The number of carboxylic acids is 1. The number of methoxy groups -OCH3 is 1. The molecule has 1 fully saturated rings. The average molecular weight is 490 g/mol. The van der Waals surface area contributed by atoms with Gasteiger partial charge in [0.15, 0.2) is 5.11 Å². The van der Waals surface area contributed by atoms with E-state index in [1.54, 1.807) is 7.11 Å². The quantitative estimate of drug-likeness (QED) is 0.587. The summed E-state index contributed by atoms with van der Waals surface area (Å²) in [6.07, 6.45) is 3.09. The van der Waals surface area contributed by atoms with Crippen molar-refractivity contribution in [2.75, 3.05) is 19.0 Å². The molecule has 0 heterocycles. The molecule has 0 aliphatic heterocycles. The molecule has 1 aliphatic carbocycles. The predicted octanol–water partition coefficient (Wildman–Crippen LogP) is 4.21. The number of thiocarbonyl (C=S) groups is 1. The Labute approximate surface area is 191 Å². The number of rotatable bonds is 7. The molecular formula is C23H26BrN2O3S-. The number of nitrogens with one attached hydrogen (secondary N) is 1. The van der Waals surface area contributed by atoms with Gasteiger partial charge in [-0.25, -0.2) is 0 Å². The van der Waals surface area contributed by atoms with E-state index in [1.807, 2.05) is 36.4 Å². The number of carboxylic acid groups (broad SMARTS) is 1. The molecule has 0 aromatic heterocycles. The summed E-state index contributed by atoms with van der Waals surface area (Å²) in [5.74, 6) is -0.0731. The van der Waals surface area contributed by atoms with E-state index in [0.717, 1.165) is 40.9 Å². The van der Waals surface area contributed by atoms with E-state index >= 15 is 0 Å². The van der Waals surface area contributed by atoms with Crippen molar-refractivity contribution in [1.82, 2.24) is 4.90 Å². The Morgan fingerprint density at radius 3 is 2.60 bits per heavy atom. The van der Waals surface area contributed by atoms with Gasteiger partial charge in [-0.05, 0) is 79.6 Å². The van der Waals surface area contributed by atoms with E-state index in [1.165, 1.54) is 0 Å². The average Bonchev–Trinajstić information content (AvgIpc) is 2.74. The van der Waals surface area contributed by atoms with Crippen LogP contribution in [-0.4, -0.2) is 29.6 Å². The van der Waals surface area contributed by atoms with Gasteiger partial charge < -0.3 is 24.9 Å². The molecule has 2 aromatic rings. The fourth-order valence-electron chi connectivity index (χ4n) is 3.87. The third-order valence-electron chi connectivity index (χ3n) is 5.53. The van der Waals surface area contributed by atoms with Crippen LogP contribution in [0.15, 0.2) is 53.0 Å². The van der Waals surface area contributed by atoms with Crippen LogP contribution in [0.3, 0.4) is 0 Å². The van der Waals surface area contributed by atoms with E-state index in [-0.39, 0.29) is 5.92 Å². The number of benzene rings is 2. The summed E-state index contributed by atoms with van der Waals surface area (Å²) in [5, 5.41) is 15.1. The second-order valence-electron chi connectivity index (χ2n) is 7.71. The second kappa shape index (κ2) is 10.8. The van der Waals surface area contributed by atoms with E-state index < -0.39 is 5.97 Å². The van der Waals surface area contributed by atoms with E-state index in [2.05, 4.69) is 38.3 Å². The monoisotopic (exact) mass is 489 g/mol. The first-order chi connectivity index (χ1) is 14.4. The molecule has 0 saturated heterocycles. The SMILES string of the molecule is COc1cccc(NC(=S)N(Cc2cccc(Br)c2)CC2CCC(C(=O)[O-])CC2)c1. The summed E-state index contributed by atoms with van der Waals surface area (Å²) in [7, 11) is 1.64. The molecule has 5 nitrogen and oxygen atoms in total. The van der Waals surface area contributed by atoms with E-state index in [9.17, 15) is 9.90 Å². The van der Waals surface area contributed by atoms with Crippen molar-refractivity contribution < 1.29 is 14.6 Å². The molecule has 7 heteroatoms. The Morgan fingerprint density at radius 1 is 1.20 bits per heavy atom. The highest BCUT2D eigenvalue weighted by Crippen LogP contribution is 2.30. The molecule has 0 radical (unpaired) electrons. The lowest BCUT2D eigenvalue weighted by molar-refractivity contribution is -0.312. The number of hydrogen-bond donors (Lipinski definition) is 1. The van der Waals surface area contributed by atoms with E-state index in [0.29, 0.717) is 30.4 Å². The number of halogens is 1. The van der Waals surface area contributed by atoms with Gasteiger partial charge in [0.05, 0.1) is 7.11 Å². The van der Waals surface area contributed by atoms with Crippen LogP contribution in [0.25, 0.3) is 0 Å².